The molecule has 2 rings (SSSR count). The summed E-state index contributed by atoms with van der Waals surface area (Å²) in [4.78, 5) is 40.2. The van der Waals surface area contributed by atoms with E-state index in [1.807, 2.05) is 0 Å². The number of rotatable bonds is 2. The third-order valence-electron chi connectivity index (χ3n) is 4.12. The summed E-state index contributed by atoms with van der Waals surface area (Å²) in [6, 6.07) is -1.49. The number of amides is 3. The molecule has 0 aromatic rings. The third-order valence-corrected chi connectivity index (χ3v) is 5.82. The molecule has 0 aliphatic carbocycles. The quantitative estimate of drug-likeness (QED) is 0.602. The van der Waals surface area contributed by atoms with Gasteiger partial charge in [-0.3, -0.25) is 9.59 Å². The van der Waals surface area contributed by atoms with Gasteiger partial charge in [-0.15, -0.1) is 0 Å². The predicted octanol–water partition coefficient (Wildman–Crippen LogP) is -1.04. The van der Waals surface area contributed by atoms with Gasteiger partial charge in [0.2, 0.25) is 5.78 Å². The van der Waals surface area contributed by atoms with Crippen LogP contribution in [0.4, 0.5) is 4.79 Å². The van der Waals surface area contributed by atoms with E-state index < -0.39 is 33.6 Å². The van der Waals surface area contributed by atoms with Gasteiger partial charge in [-0.2, -0.15) is 0 Å². The van der Waals surface area contributed by atoms with Crippen LogP contribution in [0.3, 0.4) is 0 Å². The second-order valence-electron chi connectivity index (χ2n) is 5.86. The van der Waals surface area contributed by atoms with Crippen molar-refractivity contribution in [1.82, 2.24) is 14.7 Å². The fraction of sp³-hybridized carbons (Fsp3) is 0.769. The number of urea groups is 1. The molecule has 2 atom stereocenters. The van der Waals surface area contributed by atoms with E-state index >= 15 is 0 Å². The van der Waals surface area contributed by atoms with Crippen molar-refractivity contribution in [2.45, 2.75) is 25.4 Å². The topological polar surface area (TPSA) is 95.1 Å². The number of nitrogens with zero attached hydrogens (tertiary/aromatic N) is 3. The summed E-state index contributed by atoms with van der Waals surface area (Å²) in [5.41, 5.74) is 0. The van der Waals surface area contributed by atoms with E-state index in [9.17, 15) is 22.8 Å². The molecule has 2 aliphatic heterocycles. The van der Waals surface area contributed by atoms with Crippen molar-refractivity contribution >= 4 is 27.6 Å². The van der Waals surface area contributed by atoms with E-state index in [0.717, 1.165) is 0 Å². The molecule has 0 saturated carbocycles. The summed E-state index contributed by atoms with van der Waals surface area (Å²) in [6.45, 7) is 2.01. The highest BCUT2D eigenvalue weighted by Crippen LogP contribution is 2.27. The van der Waals surface area contributed by atoms with E-state index in [-0.39, 0.29) is 37.0 Å². The van der Waals surface area contributed by atoms with Crippen molar-refractivity contribution in [1.29, 1.82) is 0 Å². The lowest BCUT2D eigenvalue weighted by molar-refractivity contribution is -0.148. The van der Waals surface area contributed by atoms with Crippen molar-refractivity contribution in [2.24, 2.45) is 0 Å². The molecular weight excluding hydrogens is 310 g/mol. The standard InChI is InChI=1S/C13H21N3O5S/c1-4-11(17)12(18)15-5-6-16(13(19)14(2)3)10-8-22(20,21)7-9(10)15/h9-10H,4-8H2,1-3H3/t9-,10+/m1/s1. The number of hydrogen-bond acceptors (Lipinski definition) is 5. The van der Waals surface area contributed by atoms with Crippen LogP contribution in [0.2, 0.25) is 0 Å². The Morgan fingerprint density at radius 3 is 2.05 bits per heavy atom. The van der Waals surface area contributed by atoms with Crippen LogP contribution in [-0.2, 0) is 19.4 Å². The third kappa shape index (κ3) is 2.94. The van der Waals surface area contributed by atoms with Gasteiger partial charge in [0, 0.05) is 33.6 Å². The molecule has 0 radical (unpaired) electrons. The number of carbonyl (C=O) groups excluding carboxylic acids is 3. The molecule has 9 heteroatoms. The summed E-state index contributed by atoms with van der Waals surface area (Å²) in [6.07, 6.45) is 0.0831. The highest BCUT2D eigenvalue weighted by atomic mass is 32.2. The van der Waals surface area contributed by atoms with E-state index in [0.29, 0.717) is 0 Å². The number of fused-ring (bicyclic) bond motifs is 1. The predicted molar refractivity (Wildman–Crippen MR) is 79.0 cm³/mol. The Kier molecular flexibility index (Phi) is 4.46. The highest BCUT2D eigenvalue weighted by Gasteiger charge is 2.50. The summed E-state index contributed by atoms with van der Waals surface area (Å²) in [5, 5.41) is 0. The first-order valence-electron chi connectivity index (χ1n) is 7.20. The second kappa shape index (κ2) is 5.86. The largest absolute Gasteiger partial charge is 0.331 e. The van der Waals surface area contributed by atoms with Crippen molar-refractivity contribution in [2.75, 3.05) is 38.7 Å². The smallest absolute Gasteiger partial charge is 0.319 e. The Hall–Kier alpha value is -1.64. The summed E-state index contributed by atoms with van der Waals surface area (Å²) >= 11 is 0. The summed E-state index contributed by atoms with van der Waals surface area (Å²) in [7, 11) is -0.145. The zero-order chi connectivity index (χ0) is 16.7. The maximum absolute atomic E-state index is 12.2. The molecule has 2 aliphatic rings. The minimum absolute atomic E-state index is 0.0831. The molecule has 2 fully saturated rings. The van der Waals surface area contributed by atoms with Crippen LogP contribution in [0, 0.1) is 0 Å². The van der Waals surface area contributed by atoms with Gasteiger partial charge in [0.15, 0.2) is 9.84 Å². The number of ketones is 1. The van der Waals surface area contributed by atoms with Gasteiger partial charge in [-0.05, 0) is 0 Å². The number of sulfone groups is 1. The number of carbonyl (C=O) groups is 3. The molecule has 22 heavy (non-hydrogen) atoms. The molecule has 2 saturated heterocycles. The first kappa shape index (κ1) is 16.7. The van der Waals surface area contributed by atoms with Gasteiger partial charge < -0.3 is 14.7 Å². The Morgan fingerprint density at radius 2 is 1.55 bits per heavy atom. The SMILES string of the molecule is CCC(=O)C(=O)N1CCN(C(=O)N(C)C)[C@H]2CS(=O)(=O)C[C@H]21. The maximum atomic E-state index is 12.2. The van der Waals surface area contributed by atoms with Crippen molar-refractivity contribution in [3.05, 3.63) is 0 Å². The normalized spacial score (nSPS) is 26.5. The molecule has 3 amide bonds. The second-order valence-corrected chi connectivity index (χ2v) is 8.01. The lowest BCUT2D eigenvalue weighted by Crippen LogP contribution is -2.64. The molecule has 0 aromatic heterocycles. The highest BCUT2D eigenvalue weighted by molar-refractivity contribution is 7.91. The van der Waals surface area contributed by atoms with E-state index in [1.165, 1.54) is 14.7 Å². The Morgan fingerprint density at radius 1 is 1.05 bits per heavy atom. The lowest BCUT2D eigenvalue weighted by Gasteiger charge is -2.44. The number of piperazine rings is 1. The fourth-order valence-electron chi connectivity index (χ4n) is 3.01. The van der Waals surface area contributed by atoms with Gasteiger partial charge in [-0.1, -0.05) is 6.92 Å². The molecule has 0 spiro atoms. The number of hydrogen-bond donors (Lipinski definition) is 0. The lowest BCUT2D eigenvalue weighted by atomic mass is 10.0. The summed E-state index contributed by atoms with van der Waals surface area (Å²) < 4.78 is 23.9. The molecule has 0 aromatic carbocycles. The average Bonchev–Trinajstić information content (AvgIpc) is 2.78. The monoisotopic (exact) mass is 331 g/mol. The van der Waals surface area contributed by atoms with E-state index in [1.54, 1.807) is 21.0 Å². The molecule has 124 valence electrons. The van der Waals surface area contributed by atoms with Crippen molar-refractivity contribution in [3.63, 3.8) is 0 Å². The Balaban J connectivity index is 2.30. The zero-order valence-electron chi connectivity index (χ0n) is 13.0. The van der Waals surface area contributed by atoms with Gasteiger partial charge >= 0.3 is 6.03 Å². The minimum Gasteiger partial charge on any atom is -0.331 e. The zero-order valence-corrected chi connectivity index (χ0v) is 13.8. The molecule has 0 N–H and O–H groups in total. The van der Waals surface area contributed by atoms with Gasteiger partial charge in [0.1, 0.15) is 0 Å². The van der Waals surface area contributed by atoms with Crippen LogP contribution >= 0.6 is 0 Å². The van der Waals surface area contributed by atoms with Crippen molar-refractivity contribution in [3.8, 4) is 0 Å². The van der Waals surface area contributed by atoms with E-state index in [4.69, 9.17) is 0 Å². The van der Waals surface area contributed by atoms with Gasteiger partial charge in [-0.25, -0.2) is 13.2 Å². The van der Waals surface area contributed by atoms with Crippen LogP contribution in [0.15, 0.2) is 0 Å². The molecule has 0 bridgehead atoms. The summed E-state index contributed by atoms with van der Waals surface area (Å²) in [5.74, 6) is -1.54. The minimum atomic E-state index is -3.34. The van der Waals surface area contributed by atoms with Gasteiger partial charge in [0.05, 0.1) is 23.6 Å². The molecule has 0 unspecified atom stereocenters. The average molecular weight is 331 g/mol. The Labute approximate surface area is 129 Å². The van der Waals surface area contributed by atoms with Crippen LogP contribution in [0.25, 0.3) is 0 Å². The fourth-order valence-corrected chi connectivity index (χ4v) is 4.99. The van der Waals surface area contributed by atoms with Crippen molar-refractivity contribution < 1.29 is 22.8 Å². The first-order chi connectivity index (χ1) is 10.2. The molecule has 8 nitrogen and oxygen atoms in total. The molecular formula is C13H21N3O5S. The van der Waals surface area contributed by atoms with Crippen LogP contribution in [-0.4, -0.2) is 91.6 Å². The van der Waals surface area contributed by atoms with Crippen LogP contribution in [0.1, 0.15) is 13.3 Å². The maximum Gasteiger partial charge on any atom is 0.319 e. The van der Waals surface area contributed by atoms with Gasteiger partial charge in [0.25, 0.3) is 5.91 Å². The first-order valence-corrected chi connectivity index (χ1v) is 9.02. The molecule has 2 heterocycles. The number of Topliss-reactive ketones (excluding diaryl/α,β-unsaturated/α-hetero) is 1. The Bertz CT molecular complexity index is 601. The van der Waals surface area contributed by atoms with Crippen LogP contribution < -0.4 is 0 Å². The van der Waals surface area contributed by atoms with Crippen LogP contribution in [0.5, 0.6) is 0 Å². The van der Waals surface area contributed by atoms with E-state index in [2.05, 4.69) is 0 Å².